The number of amides is 1. The second kappa shape index (κ2) is 6.01. The molecule has 0 aromatic heterocycles. The molecule has 0 atom stereocenters. The molecular weight excluding hydrogens is 254 g/mol. The lowest BCUT2D eigenvalue weighted by molar-refractivity contribution is -0.115. The number of rotatable bonds is 4. The Hall–Kier alpha value is -1.87. The van der Waals surface area contributed by atoms with Crippen molar-refractivity contribution in [2.75, 3.05) is 5.32 Å². The number of nitriles is 1. The Kier molecular flexibility index (Phi) is 4.67. The fourth-order valence-electron chi connectivity index (χ4n) is 1.08. The fourth-order valence-corrected chi connectivity index (χ4v) is 1.30. The summed E-state index contributed by atoms with van der Waals surface area (Å²) in [7, 11) is 0. The summed E-state index contributed by atoms with van der Waals surface area (Å²) in [5.74, 6) is -0.954. The van der Waals surface area contributed by atoms with Crippen LogP contribution >= 0.6 is 11.6 Å². The lowest BCUT2D eigenvalue weighted by Crippen LogP contribution is -2.12. The second-order valence-corrected chi connectivity index (χ2v) is 3.29. The molecule has 4 nitrogen and oxygen atoms in total. The van der Waals surface area contributed by atoms with E-state index in [1.165, 1.54) is 18.2 Å². The van der Waals surface area contributed by atoms with E-state index in [-0.39, 0.29) is 22.9 Å². The van der Waals surface area contributed by atoms with E-state index >= 15 is 0 Å². The van der Waals surface area contributed by atoms with Crippen LogP contribution in [0, 0.1) is 11.3 Å². The molecule has 1 N–H and O–H groups in total. The summed E-state index contributed by atoms with van der Waals surface area (Å²) in [5, 5.41) is 10.5. The van der Waals surface area contributed by atoms with Crippen LogP contribution in [0.15, 0.2) is 18.2 Å². The number of carbonyl (C=O) groups is 1. The number of nitrogens with zero attached hydrogens (tertiary/aromatic N) is 1. The molecule has 0 saturated carbocycles. The summed E-state index contributed by atoms with van der Waals surface area (Å²) in [6.45, 7) is -3.05. The molecule has 0 unspecified atom stereocenters. The van der Waals surface area contributed by atoms with Crippen molar-refractivity contribution in [3.8, 4) is 11.8 Å². The first kappa shape index (κ1) is 13.2. The van der Waals surface area contributed by atoms with Gasteiger partial charge in [0, 0.05) is 0 Å². The standard InChI is InChI=1S/C10H7ClF2N2O2/c11-6-2-1-3-7(9(6)17-10(12)13)15-8(16)4-5-14/h1-3,10H,4H2,(H,15,16). The normalized spacial score (nSPS) is 9.82. The lowest BCUT2D eigenvalue weighted by Gasteiger charge is -2.12. The molecule has 0 heterocycles. The molecule has 90 valence electrons. The Morgan fingerprint density at radius 3 is 2.88 bits per heavy atom. The summed E-state index contributed by atoms with van der Waals surface area (Å²) in [6, 6.07) is 5.78. The number of ether oxygens (including phenoxy) is 1. The van der Waals surface area contributed by atoms with E-state index in [4.69, 9.17) is 16.9 Å². The maximum atomic E-state index is 12.1. The van der Waals surface area contributed by atoms with Gasteiger partial charge in [0.15, 0.2) is 5.75 Å². The monoisotopic (exact) mass is 260 g/mol. The number of hydrogen-bond acceptors (Lipinski definition) is 3. The molecule has 0 fully saturated rings. The number of hydrogen-bond donors (Lipinski definition) is 1. The maximum absolute atomic E-state index is 12.1. The molecule has 17 heavy (non-hydrogen) atoms. The van der Waals surface area contributed by atoms with Crippen LogP contribution in [0.5, 0.6) is 5.75 Å². The summed E-state index contributed by atoms with van der Waals surface area (Å²) in [5.41, 5.74) is -0.00181. The van der Waals surface area contributed by atoms with Gasteiger partial charge in [0.2, 0.25) is 5.91 Å². The van der Waals surface area contributed by atoms with Crippen LogP contribution in [0.2, 0.25) is 5.02 Å². The molecule has 0 spiro atoms. The first-order chi connectivity index (χ1) is 8.04. The average molecular weight is 261 g/mol. The molecule has 0 bridgehead atoms. The predicted octanol–water partition coefficient (Wildman–Crippen LogP) is 2.79. The van der Waals surface area contributed by atoms with Crippen molar-refractivity contribution < 1.29 is 18.3 Å². The summed E-state index contributed by atoms with van der Waals surface area (Å²) < 4.78 is 28.4. The molecular formula is C10H7ClF2N2O2. The molecule has 1 amide bonds. The SMILES string of the molecule is N#CCC(=O)Nc1cccc(Cl)c1OC(F)F. The third-order valence-corrected chi connectivity index (χ3v) is 1.99. The van der Waals surface area contributed by atoms with E-state index in [9.17, 15) is 13.6 Å². The van der Waals surface area contributed by atoms with Gasteiger partial charge in [0.1, 0.15) is 6.42 Å². The minimum Gasteiger partial charge on any atom is -0.431 e. The molecule has 0 aliphatic rings. The number of halogens is 3. The number of carbonyl (C=O) groups excluding carboxylic acids is 1. The molecule has 0 radical (unpaired) electrons. The molecule has 1 rings (SSSR count). The van der Waals surface area contributed by atoms with Crippen molar-refractivity contribution in [1.29, 1.82) is 5.26 Å². The third kappa shape index (κ3) is 3.89. The van der Waals surface area contributed by atoms with E-state index in [0.29, 0.717) is 0 Å². The van der Waals surface area contributed by atoms with Gasteiger partial charge in [-0.05, 0) is 12.1 Å². The van der Waals surface area contributed by atoms with Crippen LogP contribution in [0.1, 0.15) is 6.42 Å². The van der Waals surface area contributed by atoms with Crippen molar-refractivity contribution in [1.82, 2.24) is 0 Å². The van der Waals surface area contributed by atoms with Gasteiger partial charge in [-0.1, -0.05) is 17.7 Å². The Morgan fingerprint density at radius 1 is 1.59 bits per heavy atom. The highest BCUT2D eigenvalue weighted by atomic mass is 35.5. The fraction of sp³-hybridized carbons (Fsp3) is 0.200. The van der Waals surface area contributed by atoms with Crippen molar-refractivity contribution in [2.24, 2.45) is 0 Å². The Balaban J connectivity index is 2.94. The van der Waals surface area contributed by atoms with E-state index in [1.807, 2.05) is 0 Å². The average Bonchev–Trinajstić information content (AvgIpc) is 2.23. The van der Waals surface area contributed by atoms with Crippen LogP contribution < -0.4 is 10.1 Å². The van der Waals surface area contributed by atoms with Gasteiger partial charge < -0.3 is 10.1 Å². The van der Waals surface area contributed by atoms with Crippen LogP contribution in [0.25, 0.3) is 0 Å². The summed E-state index contributed by atoms with van der Waals surface area (Å²) >= 11 is 5.66. The predicted molar refractivity (Wildman–Crippen MR) is 56.9 cm³/mol. The number of para-hydroxylation sites is 1. The summed E-state index contributed by atoms with van der Waals surface area (Å²) in [6.07, 6.45) is -0.388. The Morgan fingerprint density at radius 2 is 2.29 bits per heavy atom. The highest BCUT2D eigenvalue weighted by Crippen LogP contribution is 2.34. The Labute approximate surface area is 101 Å². The van der Waals surface area contributed by atoms with Crippen molar-refractivity contribution in [2.45, 2.75) is 13.0 Å². The largest absolute Gasteiger partial charge is 0.431 e. The van der Waals surface area contributed by atoms with Gasteiger partial charge in [-0.15, -0.1) is 0 Å². The molecule has 7 heteroatoms. The van der Waals surface area contributed by atoms with E-state index in [2.05, 4.69) is 10.1 Å². The first-order valence-corrected chi connectivity index (χ1v) is 4.82. The molecule has 0 aliphatic heterocycles. The van der Waals surface area contributed by atoms with Crippen LogP contribution in [0.4, 0.5) is 14.5 Å². The second-order valence-electron chi connectivity index (χ2n) is 2.88. The van der Waals surface area contributed by atoms with Gasteiger partial charge in [-0.3, -0.25) is 4.79 Å². The highest BCUT2D eigenvalue weighted by molar-refractivity contribution is 6.32. The number of benzene rings is 1. The Bertz CT molecular complexity index is 460. The third-order valence-electron chi connectivity index (χ3n) is 1.69. The topological polar surface area (TPSA) is 62.1 Å². The number of anilines is 1. The van der Waals surface area contributed by atoms with E-state index in [1.54, 1.807) is 6.07 Å². The van der Waals surface area contributed by atoms with E-state index in [0.717, 1.165) is 0 Å². The summed E-state index contributed by atoms with van der Waals surface area (Å²) in [4.78, 5) is 11.1. The van der Waals surface area contributed by atoms with Crippen molar-refractivity contribution in [3.05, 3.63) is 23.2 Å². The smallest absolute Gasteiger partial charge is 0.387 e. The first-order valence-electron chi connectivity index (χ1n) is 4.44. The van der Waals surface area contributed by atoms with Gasteiger partial charge >= 0.3 is 6.61 Å². The van der Waals surface area contributed by atoms with Gasteiger partial charge in [0.05, 0.1) is 16.8 Å². The zero-order valence-corrected chi connectivity index (χ0v) is 9.17. The maximum Gasteiger partial charge on any atom is 0.387 e. The van der Waals surface area contributed by atoms with Crippen LogP contribution in [0.3, 0.4) is 0 Å². The molecule has 1 aromatic carbocycles. The van der Waals surface area contributed by atoms with Crippen molar-refractivity contribution >= 4 is 23.2 Å². The van der Waals surface area contributed by atoms with Gasteiger partial charge in [-0.2, -0.15) is 14.0 Å². The zero-order chi connectivity index (χ0) is 12.8. The molecule has 0 aliphatic carbocycles. The quantitative estimate of drug-likeness (QED) is 0.905. The molecule has 0 saturated heterocycles. The van der Waals surface area contributed by atoms with Gasteiger partial charge in [0.25, 0.3) is 0 Å². The lowest BCUT2D eigenvalue weighted by atomic mass is 10.3. The van der Waals surface area contributed by atoms with Crippen LogP contribution in [-0.2, 0) is 4.79 Å². The number of nitrogens with one attached hydrogen (secondary N) is 1. The molecule has 1 aromatic rings. The van der Waals surface area contributed by atoms with Crippen molar-refractivity contribution in [3.63, 3.8) is 0 Å². The number of alkyl halides is 2. The van der Waals surface area contributed by atoms with Crippen LogP contribution in [-0.4, -0.2) is 12.5 Å². The zero-order valence-electron chi connectivity index (χ0n) is 8.41. The van der Waals surface area contributed by atoms with Gasteiger partial charge in [-0.25, -0.2) is 0 Å². The van der Waals surface area contributed by atoms with E-state index < -0.39 is 12.5 Å². The highest BCUT2D eigenvalue weighted by Gasteiger charge is 2.15. The minimum atomic E-state index is -3.05. The minimum absolute atomic E-state index is 0.00181.